The lowest BCUT2D eigenvalue weighted by Gasteiger charge is -2.35. The Morgan fingerprint density at radius 1 is 1.64 bits per heavy atom. The first-order valence-electron chi connectivity index (χ1n) is 4.32. The molecule has 1 amide bonds. The van der Waals surface area contributed by atoms with Crippen molar-refractivity contribution >= 4 is 5.91 Å². The van der Waals surface area contributed by atoms with E-state index in [2.05, 4.69) is 12.2 Å². The maximum absolute atomic E-state index is 11.3. The minimum Gasteiger partial charge on any atom is -0.337 e. The maximum Gasteiger partial charge on any atom is 0.222 e. The standard InChI is InChI=1S/C8H14N2O/c1-6-7-2-3-8(11)10(7)5-4-9-6/h6-7,9H,2-5H2,1H3. The molecule has 3 nitrogen and oxygen atoms in total. The second-order valence-corrected chi connectivity index (χ2v) is 3.44. The number of hydrogen-bond donors (Lipinski definition) is 1. The highest BCUT2D eigenvalue weighted by Gasteiger charge is 2.36. The first-order chi connectivity index (χ1) is 5.29. The Bertz CT molecular complexity index is 181. The van der Waals surface area contributed by atoms with Gasteiger partial charge in [-0.3, -0.25) is 4.79 Å². The van der Waals surface area contributed by atoms with E-state index in [-0.39, 0.29) is 0 Å². The molecule has 1 N–H and O–H groups in total. The largest absolute Gasteiger partial charge is 0.337 e. The van der Waals surface area contributed by atoms with Crippen LogP contribution in [-0.4, -0.2) is 36.0 Å². The van der Waals surface area contributed by atoms with Gasteiger partial charge < -0.3 is 10.2 Å². The number of nitrogens with zero attached hydrogens (tertiary/aromatic N) is 1. The SMILES string of the molecule is CC1NCCN2C(=O)CCC12. The molecule has 2 aliphatic rings. The van der Waals surface area contributed by atoms with E-state index in [1.54, 1.807) is 0 Å². The van der Waals surface area contributed by atoms with Gasteiger partial charge in [0.05, 0.1) is 0 Å². The van der Waals surface area contributed by atoms with Crippen molar-refractivity contribution in [2.24, 2.45) is 0 Å². The minimum absolute atomic E-state index is 0.350. The molecule has 0 aromatic heterocycles. The van der Waals surface area contributed by atoms with E-state index in [4.69, 9.17) is 0 Å². The Hall–Kier alpha value is -0.570. The van der Waals surface area contributed by atoms with Crippen LogP contribution in [0.1, 0.15) is 19.8 Å². The van der Waals surface area contributed by atoms with E-state index in [0.29, 0.717) is 18.0 Å². The van der Waals surface area contributed by atoms with Crippen LogP contribution in [-0.2, 0) is 4.79 Å². The summed E-state index contributed by atoms with van der Waals surface area (Å²) in [7, 11) is 0. The third kappa shape index (κ3) is 1.03. The van der Waals surface area contributed by atoms with E-state index in [1.807, 2.05) is 4.90 Å². The molecule has 2 atom stereocenters. The van der Waals surface area contributed by atoms with Crippen LogP contribution in [0.4, 0.5) is 0 Å². The Morgan fingerprint density at radius 2 is 2.45 bits per heavy atom. The van der Waals surface area contributed by atoms with Crippen LogP contribution in [0.25, 0.3) is 0 Å². The number of carbonyl (C=O) groups excluding carboxylic acids is 1. The number of nitrogens with one attached hydrogen (secondary N) is 1. The molecule has 2 saturated heterocycles. The Morgan fingerprint density at radius 3 is 3.18 bits per heavy atom. The van der Waals surface area contributed by atoms with Gasteiger partial charge in [0.25, 0.3) is 0 Å². The van der Waals surface area contributed by atoms with Crippen LogP contribution in [0.15, 0.2) is 0 Å². The molecule has 2 fully saturated rings. The molecule has 0 bridgehead atoms. The smallest absolute Gasteiger partial charge is 0.222 e. The van der Waals surface area contributed by atoms with Crippen molar-refractivity contribution in [1.82, 2.24) is 10.2 Å². The molecule has 0 aromatic rings. The summed E-state index contributed by atoms with van der Waals surface area (Å²) in [6.07, 6.45) is 1.81. The lowest BCUT2D eigenvalue weighted by atomic mass is 10.1. The Balaban J connectivity index is 2.12. The molecule has 0 saturated carbocycles. The Labute approximate surface area is 66.8 Å². The zero-order valence-electron chi connectivity index (χ0n) is 6.84. The van der Waals surface area contributed by atoms with Crippen LogP contribution in [0, 0.1) is 0 Å². The highest BCUT2D eigenvalue weighted by molar-refractivity contribution is 5.79. The van der Waals surface area contributed by atoms with E-state index in [1.165, 1.54) is 0 Å². The monoisotopic (exact) mass is 154 g/mol. The van der Waals surface area contributed by atoms with E-state index in [9.17, 15) is 4.79 Å². The molecular formula is C8H14N2O. The van der Waals surface area contributed by atoms with E-state index < -0.39 is 0 Å². The molecule has 3 heteroatoms. The summed E-state index contributed by atoms with van der Waals surface area (Å²) in [5.74, 6) is 0.350. The molecule has 0 radical (unpaired) electrons. The minimum atomic E-state index is 0.350. The van der Waals surface area contributed by atoms with Crippen molar-refractivity contribution < 1.29 is 4.79 Å². The van der Waals surface area contributed by atoms with Crippen molar-refractivity contribution in [1.29, 1.82) is 0 Å². The number of hydrogen-bond acceptors (Lipinski definition) is 2. The predicted molar refractivity (Wildman–Crippen MR) is 42.2 cm³/mol. The lowest BCUT2D eigenvalue weighted by molar-refractivity contribution is -0.130. The van der Waals surface area contributed by atoms with Gasteiger partial charge in [0.2, 0.25) is 5.91 Å². The van der Waals surface area contributed by atoms with Gasteiger partial charge in [0, 0.05) is 31.6 Å². The van der Waals surface area contributed by atoms with Crippen molar-refractivity contribution in [2.75, 3.05) is 13.1 Å². The zero-order valence-corrected chi connectivity index (χ0v) is 6.84. The number of amides is 1. The summed E-state index contributed by atoms with van der Waals surface area (Å²) in [6.45, 7) is 4.03. The second kappa shape index (κ2) is 2.48. The van der Waals surface area contributed by atoms with Gasteiger partial charge in [-0.05, 0) is 13.3 Å². The quantitative estimate of drug-likeness (QED) is 0.531. The number of carbonyl (C=O) groups is 1. The molecule has 0 aromatic carbocycles. The highest BCUT2D eigenvalue weighted by atomic mass is 16.2. The van der Waals surface area contributed by atoms with Crippen LogP contribution < -0.4 is 5.32 Å². The first kappa shape index (κ1) is 7.10. The first-order valence-corrected chi connectivity index (χ1v) is 4.32. The third-order valence-electron chi connectivity index (χ3n) is 2.77. The van der Waals surface area contributed by atoms with Crippen molar-refractivity contribution in [3.63, 3.8) is 0 Å². The molecule has 11 heavy (non-hydrogen) atoms. The van der Waals surface area contributed by atoms with Crippen molar-refractivity contribution in [3.8, 4) is 0 Å². The molecule has 2 heterocycles. The van der Waals surface area contributed by atoms with Crippen molar-refractivity contribution in [3.05, 3.63) is 0 Å². The molecule has 0 spiro atoms. The van der Waals surface area contributed by atoms with Crippen LogP contribution in [0.3, 0.4) is 0 Å². The summed E-state index contributed by atoms with van der Waals surface area (Å²) < 4.78 is 0. The number of rotatable bonds is 0. The summed E-state index contributed by atoms with van der Waals surface area (Å²) in [5, 5.41) is 3.38. The van der Waals surface area contributed by atoms with E-state index >= 15 is 0 Å². The van der Waals surface area contributed by atoms with Crippen LogP contribution in [0.2, 0.25) is 0 Å². The van der Waals surface area contributed by atoms with Gasteiger partial charge in [-0.2, -0.15) is 0 Å². The summed E-state index contributed by atoms with van der Waals surface area (Å²) in [5.41, 5.74) is 0. The van der Waals surface area contributed by atoms with Gasteiger partial charge in [0.1, 0.15) is 0 Å². The van der Waals surface area contributed by atoms with Gasteiger partial charge in [-0.25, -0.2) is 0 Å². The van der Waals surface area contributed by atoms with E-state index in [0.717, 1.165) is 25.9 Å². The van der Waals surface area contributed by atoms with Gasteiger partial charge in [0.15, 0.2) is 0 Å². The van der Waals surface area contributed by atoms with Gasteiger partial charge in [-0.1, -0.05) is 0 Å². The maximum atomic E-state index is 11.3. The third-order valence-corrected chi connectivity index (χ3v) is 2.77. The number of fused-ring (bicyclic) bond motifs is 1. The normalized spacial score (nSPS) is 37.5. The average molecular weight is 154 g/mol. The molecule has 0 aliphatic carbocycles. The van der Waals surface area contributed by atoms with Gasteiger partial charge in [-0.15, -0.1) is 0 Å². The lowest BCUT2D eigenvalue weighted by Crippen LogP contribution is -2.54. The predicted octanol–water partition coefficient (Wildman–Crippen LogP) is -0.0309. The van der Waals surface area contributed by atoms with Crippen LogP contribution in [0.5, 0.6) is 0 Å². The van der Waals surface area contributed by atoms with Gasteiger partial charge >= 0.3 is 0 Å². The molecule has 2 rings (SSSR count). The molecule has 2 unspecified atom stereocenters. The van der Waals surface area contributed by atoms with Crippen molar-refractivity contribution in [2.45, 2.75) is 31.8 Å². The average Bonchev–Trinajstić information content (AvgIpc) is 2.35. The fourth-order valence-corrected chi connectivity index (χ4v) is 2.11. The zero-order chi connectivity index (χ0) is 7.84. The topological polar surface area (TPSA) is 32.3 Å². The van der Waals surface area contributed by atoms with Crippen LogP contribution >= 0.6 is 0 Å². The fourth-order valence-electron chi connectivity index (χ4n) is 2.11. The summed E-state index contributed by atoms with van der Waals surface area (Å²) in [4.78, 5) is 13.3. The molecule has 2 aliphatic heterocycles. The number of piperazine rings is 1. The summed E-state index contributed by atoms with van der Waals surface area (Å²) in [6, 6.07) is 0.978. The molecule has 62 valence electrons. The summed E-state index contributed by atoms with van der Waals surface area (Å²) >= 11 is 0. The molecular weight excluding hydrogens is 140 g/mol. The fraction of sp³-hybridized carbons (Fsp3) is 0.875. The second-order valence-electron chi connectivity index (χ2n) is 3.44. The highest BCUT2D eigenvalue weighted by Crippen LogP contribution is 2.22. The Kier molecular flexibility index (Phi) is 1.60.